The highest BCUT2D eigenvalue weighted by Gasteiger charge is 2.27. The summed E-state index contributed by atoms with van der Waals surface area (Å²) in [6, 6.07) is 8.13. The lowest BCUT2D eigenvalue weighted by Gasteiger charge is -2.37. The highest BCUT2D eigenvalue weighted by Crippen LogP contribution is 2.25. The number of carbonyl (C=O) groups is 1. The quantitative estimate of drug-likeness (QED) is 0.830. The van der Waals surface area contributed by atoms with Crippen LogP contribution in [0.2, 0.25) is 0 Å². The minimum Gasteiger partial charge on any atom is -0.493 e. The summed E-state index contributed by atoms with van der Waals surface area (Å²) in [7, 11) is 0. The van der Waals surface area contributed by atoms with E-state index in [9.17, 15) is 4.79 Å². The Kier molecular flexibility index (Phi) is 5.41. The Morgan fingerprint density at radius 3 is 2.60 bits per heavy atom. The van der Waals surface area contributed by atoms with Gasteiger partial charge < -0.3 is 14.7 Å². The van der Waals surface area contributed by atoms with E-state index < -0.39 is 0 Å². The number of aliphatic hydroxyl groups excluding tert-OH is 1. The fourth-order valence-electron chi connectivity index (χ4n) is 2.35. The van der Waals surface area contributed by atoms with E-state index in [4.69, 9.17) is 9.84 Å². The lowest BCUT2D eigenvalue weighted by molar-refractivity contribution is -0.136. The van der Waals surface area contributed by atoms with Crippen LogP contribution in [0.25, 0.3) is 0 Å². The zero-order chi connectivity index (χ0) is 14.4. The molecule has 0 aliphatic heterocycles. The minimum absolute atomic E-state index is 0.0288. The molecule has 1 saturated carbocycles. The fraction of sp³-hybridized carbons (Fsp3) is 0.562. The van der Waals surface area contributed by atoms with Crippen LogP contribution in [0, 0.1) is 6.92 Å². The molecule has 1 fully saturated rings. The third-order valence-corrected chi connectivity index (χ3v) is 3.78. The molecule has 1 amide bonds. The zero-order valence-corrected chi connectivity index (χ0v) is 12.0. The summed E-state index contributed by atoms with van der Waals surface area (Å²) in [6.07, 6.45) is 3.67. The zero-order valence-electron chi connectivity index (χ0n) is 12.0. The van der Waals surface area contributed by atoms with Crippen LogP contribution in [0.3, 0.4) is 0 Å². The molecule has 1 N–H and O–H groups in total. The van der Waals surface area contributed by atoms with Crippen LogP contribution in [-0.2, 0) is 4.79 Å². The van der Waals surface area contributed by atoms with Crippen molar-refractivity contribution in [2.75, 3.05) is 19.8 Å². The molecule has 1 aliphatic rings. The van der Waals surface area contributed by atoms with Gasteiger partial charge in [-0.2, -0.15) is 0 Å². The summed E-state index contributed by atoms with van der Waals surface area (Å²) in [5, 5.41) is 9.06. The van der Waals surface area contributed by atoms with E-state index in [-0.39, 0.29) is 12.5 Å². The number of benzene rings is 1. The summed E-state index contributed by atoms with van der Waals surface area (Å²) in [4.78, 5) is 14.0. The highest BCUT2D eigenvalue weighted by atomic mass is 16.5. The standard InChI is InChI=1S/C16H23NO3/c1-13-5-7-15(8-6-13)20-12-9-16(19)17(10-11-18)14-3-2-4-14/h5-8,14,18H,2-4,9-12H2,1H3. The Bertz CT molecular complexity index is 426. The molecule has 1 aromatic carbocycles. The number of aryl methyl sites for hydroxylation is 1. The van der Waals surface area contributed by atoms with Crippen molar-refractivity contribution in [2.45, 2.75) is 38.6 Å². The van der Waals surface area contributed by atoms with Gasteiger partial charge in [0.2, 0.25) is 5.91 Å². The predicted octanol–water partition coefficient (Wildman–Crippen LogP) is 2.14. The van der Waals surface area contributed by atoms with Gasteiger partial charge >= 0.3 is 0 Å². The number of aliphatic hydroxyl groups is 1. The van der Waals surface area contributed by atoms with Gasteiger partial charge in [0.25, 0.3) is 0 Å². The van der Waals surface area contributed by atoms with E-state index in [1.807, 2.05) is 36.1 Å². The summed E-state index contributed by atoms with van der Waals surface area (Å²) in [5.74, 6) is 0.872. The van der Waals surface area contributed by atoms with Crippen molar-refractivity contribution < 1.29 is 14.6 Å². The van der Waals surface area contributed by atoms with E-state index in [0.717, 1.165) is 18.6 Å². The molecule has 1 aromatic rings. The van der Waals surface area contributed by atoms with Gasteiger partial charge in [-0.15, -0.1) is 0 Å². The van der Waals surface area contributed by atoms with E-state index in [1.165, 1.54) is 12.0 Å². The first-order valence-corrected chi connectivity index (χ1v) is 7.30. The SMILES string of the molecule is Cc1ccc(OCCC(=O)N(CCO)C2CCC2)cc1. The Morgan fingerprint density at radius 1 is 1.35 bits per heavy atom. The number of carbonyl (C=O) groups excluding carboxylic acids is 1. The molecule has 4 heteroatoms. The molecule has 0 aromatic heterocycles. The summed E-state index contributed by atoms with van der Waals surface area (Å²) in [6.45, 7) is 2.88. The number of hydrogen-bond acceptors (Lipinski definition) is 3. The average molecular weight is 277 g/mol. The van der Waals surface area contributed by atoms with Gasteiger partial charge in [0, 0.05) is 12.6 Å². The monoisotopic (exact) mass is 277 g/mol. The summed E-state index contributed by atoms with van der Waals surface area (Å²) in [5.41, 5.74) is 1.19. The van der Waals surface area contributed by atoms with Crippen LogP contribution in [0.5, 0.6) is 5.75 Å². The Labute approximate surface area is 120 Å². The normalized spacial score (nSPS) is 14.7. The Morgan fingerprint density at radius 2 is 2.05 bits per heavy atom. The number of ether oxygens (including phenoxy) is 1. The second kappa shape index (κ2) is 7.29. The number of amides is 1. The van der Waals surface area contributed by atoms with Gasteiger partial charge in [-0.1, -0.05) is 17.7 Å². The van der Waals surface area contributed by atoms with Gasteiger partial charge in [0.05, 0.1) is 19.6 Å². The predicted molar refractivity (Wildman–Crippen MR) is 77.7 cm³/mol. The van der Waals surface area contributed by atoms with Gasteiger partial charge in [-0.3, -0.25) is 4.79 Å². The second-order valence-electron chi connectivity index (χ2n) is 5.31. The van der Waals surface area contributed by atoms with Crippen LogP contribution in [0.4, 0.5) is 0 Å². The smallest absolute Gasteiger partial charge is 0.226 e. The average Bonchev–Trinajstić information content (AvgIpc) is 2.38. The molecule has 0 saturated heterocycles. The van der Waals surface area contributed by atoms with E-state index in [1.54, 1.807) is 0 Å². The van der Waals surface area contributed by atoms with Crippen LogP contribution >= 0.6 is 0 Å². The molecule has 4 nitrogen and oxygen atoms in total. The first-order chi connectivity index (χ1) is 9.70. The maximum absolute atomic E-state index is 12.1. The highest BCUT2D eigenvalue weighted by molar-refractivity contribution is 5.76. The van der Waals surface area contributed by atoms with Crippen molar-refractivity contribution in [3.8, 4) is 5.75 Å². The van der Waals surface area contributed by atoms with Gasteiger partial charge in [0.15, 0.2) is 0 Å². The molecule has 0 heterocycles. The maximum atomic E-state index is 12.1. The maximum Gasteiger partial charge on any atom is 0.226 e. The topological polar surface area (TPSA) is 49.8 Å². The minimum atomic E-state index is 0.0288. The molecular formula is C16H23NO3. The van der Waals surface area contributed by atoms with E-state index in [0.29, 0.717) is 25.6 Å². The van der Waals surface area contributed by atoms with Crippen molar-refractivity contribution in [1.82, 2.24) is 4.90 Å². The van der Waals surface area contributed by atoms with Gasteiger partial charge in [-0.25, -0.2) is 0 Å². The molecular weight excluding hydrogens is 254 g/mol. The summed E-state index contributed by atoms with van der Waals surface area (Å²) >= 11 is 0. The lowest BCUT2D eigenvalue weighted by Crippen LogP contribution is -2.46. The van der Waals surface area contributed by atoms with E-state index >= 15 is 0 Å². The molecule has 0 bridgehead atoms. The van der Waals surface area contributed by atoms with Crippen molar-refractivity contribution in [3.05, 3.63) is 29.8 Å². The third-order valence-electron chi connectivity index (χ3n) is 3.78. The number of rotatable bonds is 7. The molecule has 110 valence electrons. The number of hydrogen-bond donors (Lipinski definition) is 1. The first kappa shape index (κ1) is 14.9. The lowest BCUT2D eigenvalue weighted by atomic mass is 9.91. The molecule has 2 rings (SSSR count). The van der Waals surface area contributed by atoms with Crippen molar-refractivity contribution >= 4 is 5.91 Å². The largest absolute Gasteiger partial charge is 0.493 e. The molecule has 20 heavy (non-hydrogen) atoms. The molecule has 0 atom stereocenters. The number of nitrogens with zero attached hydrogens (tertiary/aromatic N) is 1. The van der Waals surface area contributed by atoms with Crippen LogP contribution < -0.4 is 4.74 Å². The fourth-order valence-corrected chi connectivity index (χ4v) is 2.35. The Balaban J connectivity index is 1.76. The molecule has 0 radical (unpaired) electrons. The molecule has 0 unspecified atom stereocenters. The van der Waals surface area contributed by atoms with Crippen molar-refractivity contribution in [3.63, 3.8) is 0 Å². The summed E-state index contributed by atoms with van der Waals surface area (Å²) < 4.78 is 5.58. The van der Waals surface area contributed by atoms with Crippen LogP contribution in [-0.4, -0.2) is 41.7 Å². The molecule has 1 aliphatic carbocycles. The van der Waals surface area contributed by atoms with Crippen LogP contribution in [0.15, 0.2) is 24.3 Å². The van der Waals surface area contributed by atoms with Crippen molar-refractivity contribution in [2.24, 2.45) is 0 Å². The van der Waals surface area contributed by atoms with Gasteiger partial charge in [-0.05, 0) is 38.3 Å². The third kappa shape index (κ3) is 3.97. The first-order valence-electron chi connectivity index (χ1n) is 7.30. The molecule has 0 spiro atoms. The second-order valence-corrected chi connectivity index (χ2v) is 5.31. The van der Waals surface area contributed by atoms with Crippen molar-refractivity contribution in [1.29, 1.82) is 0 Å². The van der Waals surface area contributed by atoms with Crippen LogP contribution in [0.1, 0.15) is 31.2 Å². The van der Waals surface area contributed by atoms with E-state index in [2.05, 4.69) is 0 Å². The Hall–Kier alpha value is -1.55. The van der Waals surface area contributed by atoms with Gasteiger partial charge in [0.1, 0.15) is 5.75 Å².